The molecule has 3 rings (SSSR count). The van der Waals surface area contributed by atoms with Crippen molar-refractivity contribution in [2.75, 3.05) is 13.7 Å². The van der Waals surface area contributed by atoms with Crippen molar-refractivity contribution in [3.8, 4) is 5.75 Å². The lowest BCUT2D eigenvalue weighted by atomic mass is 9.92. The first-order valence-corrected chi connectivity index (χ1v) is 9.74. The maximum Gasteiger partial charge on any atom is 0.325 e. The van der Waals surface area contributed by atoms with Gasteiger partial charge in [0.05, 0.1) is 7.11 Å². The van der Waals surface area contributed by atoms with Gasteiger partial charge < -0.3 is 15.4 Å². The van der Waals surface area contributed by atoms with E-state index in [9.17, 15) is 19.2 Å². The third kappa shape index (κ3) is 5.00. The van der Waals surface area contributed by atoms with E-state index in [1.54, 1.807) is 31.2 Å². The number of imide groups is 2. The van der Waals surface area contributed by atoms with Crippen LogP contribution in [0, 0.1) is 0 Å². The van der Waals surface area contributed by atoms with Crippen molar-refractivity contribution in [2.45, 2.75) is 25.4 Å². The Balaban J connectivity index is 1.52. The van der Waals surface area contributed by atoms with E-state index in [4.69, 9.17) is 4.74 Å². The number of hydrogen-bond acceptors (Lipinski definition) is 5. The highest BCUT2D eigenvalue weighted by molar-refractivity contribution is 6.07. The van der Waals surface area contributed by atoms with Crippen molar-refractivity contribution in [3.63, 3.8) is 0 Å². The van der Waals surface area contributed by atoms with Gasteiger partial charge in [0.25, 0.3) is 5.91 Å². The Kier molecular flexibility index (Phi) is 6.54. The summed E-state index contributed by atoms with van der Waals surface area (Å²) in [4.78, 5) is 50.2. The Morgan fingerprint density at radius 3 is 2.39 bits per heavy atom. The smallest absolute Gasteiger partial charge is 0.325 e. The Bertz CT molecular complexity index is 977. The summed E-state index contributed by atoms with van der Waals surface area (Å²) in [7, 11) is 1.54. The topological polar surface area (TPSA) is 117 Å². The van der Waals surface area contributed by atoms with Gasteiger partial charge in [-0.1, -0.05) is 42.5 Å². The lowest BCUT2D eigenvalue weighted by Crippen LogP contribution is -2.42. The SMILES string of the molecule is COc1ccc(C2(C)NC(=O)N(CCC(=O)NC(=O)NCc3ccccc3)C2=O)cc1. The number of hydrogen-bond donors (Lipinski definition) is 3. The van der Waals surface area contributed by atoms with E-state index >= 15 is 0 Å². The lowest BCUT2D eigenvalue weighted by molar-refractivity contribution is -0.131. The molecule has 1 atom stereocenters. The molecule has 2 aromatic rings. The highest BCUT2D eigenvalue weighted by Gasteiger charge is 2.48. The van der Waals surface area contributed by atoms with Gasteiger partial charge in [0.2, 0.25) is 5.91 Å². The average Bonchev–Trinajstić information content (AvgIpc) is 3.00. The van der Waals surface area contributed by atoms with Crippen LogP contribution in [0.3, 0.4) is 0 Å². The fraction of sp³-hybridized carbons (Fsp3) is 0.273. The van der Waals surface area contributed by atoms with Crippen LogP contribution in [-0.2, 0) is 21.7 Å². The monoisotopic (exact) mass is 424 g/mol. The highest BCUT2D eigenvalue weighted by Crippen LogP contribution is 2.30. The van der Waals surface area contributed by atoms with E-state index in [0.29, 0.717) is 11.3 Å². The number of benzene rings is 2. The van der Waals surface area contributed by atoms with E-state index in [0.717, 1.165) is 10.5 Å². The van der Waals surface area contributed by atoms with Gasteiger partial charge in [-0.3, -0.25) is 19.8 Å². The van der Waals surface area contributed by atoms with Crippen molar-refractivity contribution < 1.29 is 23.9 Å². The van der Waals surface area contributed by atoms with Crippen molar-refractivity contribution in [3.05, 3.63) is 65.7 Å². The van der Waals surface area contributed by atoms with Gasteiger partial charge in [0, 0.05) is 19.5 Å². The molecule has 0 bridgehead atoms. The summed E-state index contributed by atoms with van der Waals surface area (Å²) in [6, 6.07) is 14.8. The van der Waals surface area contributed by atoms with Crippen molar-refractivity contribution in [1.82, 2.24) is 20.9 Å². The standard InChI is InChI=1S/C22H24N4O5/c1-22(16-8-10-17(31-2)11-9-16)19(28)26(21(30)25-22)13-12-18(27)24-20(29)23-14-15-6-4-3-5-7-15/h3-11H,12-14H2,1-2H3,(H,25,30)(H2,23,24,27,29). The number of nitrogens with one attached hydrogen (secondary N) is 3. The second-order valence-corrected chi connectivity index (χ2v) is 7.21. The molecule has 3 N–H and O–H groups in total. The van der Waals surface area contributed by atoms with Gasteiger partial charge >= 0.3 is 12.1 Å². The van der Waals surface area contributed by atoms with Gasteiger partial charge in [-0.25, -0.2) is 9.59 Å². The molecule has 1 aliphatic rings. The second kappa shape index (κ2) is 9.29. The zero-order valence-corrected chi connectivity index (χ0v) is 17.3. The summed E-state index contributed by atoms with van der Waals surface area (Å²) in [6.45, 7) is 1.73. The number of nitrogens with zero attached hydrogens (tertiary/aromatic N) is 1. The molecule has 1 fully saturated rings. The average molecular weight is 424 g/mol. The van der Waals surface area contributed by atoms with E-state index in [2.05, 4.69) is 16.0 Å². The van der Waals surface area contributed by atoms with Gasteiger partial charge in [0.15, 0.2) is 0 Å². The molecule has 0 spiro atoms. The third-order valence-corrected chi connectivity index (χ3v) is 5.05. The number of carbonyl (C=O) groups is 4. The minimum absolute atomic E-state index is 0.145. The summed E-state index contributed by atoms with van der Waals surface area (Å²) in [6.07, 6.45) is -0.198. The molecule has 0 aliphatic carbocycles. The first-order chi connectivity index (χ1) is 14.8. The Labute approximate surface area is 179 Å². The molecular weight excluding hydrogens is 400 g/mol. The van der Waals surface area contributed by atoms with Crippen LogP contribution in [-0.4, -0.2) is 42.4 Å². The van der Waals surface area contributed by atoms with Crippen LogP contribution in [0.5, 0.6) is 5.75 Å². The molecule has 1 unspecified atom stereocenters. The second-order valence-electron chi connectivity index (χ2n) is 7.21. The molecule has 0 aromatic heterocycles. The predicted octanol–water partition coefficient (Wildman–Crippen LogP) is 1.88. The first-order valence-electron chi connectivity index (χ1n) is 9.74. The molecule has 6 amide bonds. The Morgan fingerprint density at radius 1 is 1.06 bits per heavy atom. The number of carbonyl (C=O) groups excluding carboxylic acids is 4. The van der Waals surface area contributed by atoms with E-state index in [1.165, 1.54) is 7.11 Å². The molecule has 9 nitrogen and oxygen atoms in total. The van der Waals surface area contributed by atoms with Crippen LogP contribution in [0.1, 0.15) is 24.5 Å². The Hall–Kier alpha value is -3.88. The lowest BCUT2D eigenvalue weighted by Gasteiger charge is -2.22. The maximum absolute atomic E-state index is 12.9. The summed E-state index contributed by atoms with van der Waals surface area (Å²) >= 11 is 0. The van der Waals surface area contributed by atoms with Crippen molar-refractivity contribution in [2.24, 2.45) is 0 Å². The fourth-order valence-electron chi connectivity index (χ4n) is 3.24. The zero-order valence-electron chi connectivity index (χ0n) is 17.3. The van der Waals surface area contributed by atoms with Crippen molar-refractivity contribution in [1.29, 1.82) is 0 Å². The van der Waals surface area contributed by atoms with E-state index in [-0.39, 0.29) is 19.5 Å². The molecule has 9 heteroatoms. The summed E-state index contributed by atoms with van der Waals surface area (Å²) < 4.78 is 5.11. The predicted molar refractivity (Wildman–Crippen MR) is 112 cm³/mol. The number of amides is 6. The van der Waals surface area contributed by atoms with Crippen LogP contribution in [0.25, 0.3) is 0 Å². The number of urea groups is 2. The maximum atomic E-state index is 12.9. The van der Waals surface area contributed by atoms with Crippen LogP contribution < -0.4 is 20.7 Å². The van der Waals surface area contributed by atoms with Crippen LogP contribution in [0.15, 0.2) is 54.6 Å². The minimum Gasteiger partial charge on any atom is -0.497 e. The molecule has 31 heavy (non-hydrogen) atoms. The van der Waals surface area contributed by atoms with E-state index < -0.39 is 29.4 Å². The van der Waals surface area contributed by atoms with Gasteiger partial charge in [-0.2, -0.15) is 0 Å². The normalized spacial score (nSPS) is 17.8. The van der Waals surface area contributed by atoms with Crippen molar-refractivity contribution >= 4 is 23.9 Å². The molecule has 1 aliphatic heterocycles. The highest BCUT2D eigenvalue weighted by atomic mass is 16.5. The number of methoxy groups -OCH3 is 1. The molecule has 0 radical (unpaired) electrons. The third-order valence-electron chi connectivity index (χ3n) is 5.05. The molecule has 1 saturated heterocycles. The van der Waals surface area contributed by atoms with Gasteiger partial charge in [-0.05, 0) is 30.2 Å². The minimum atomic E-state index is -1.24. The summed E-state index contributed by atoms with van der Waals surface area (Å²) in [5.74, 6) is -0.434. The summed E-state index contributed by atoms with van der Waals surface area (Å²) in [5, 5.41) is 7.45. The van der Waals surface area contributed by atoms with Crippen LogP contribution in [0.2, 0.25) is 0 Å². The molecule has 0 saturated carbocycles. The van der Waals surface area contributed by atoms with E-state index in [1.807, 2.05) is 30.3 Å². The molecule has 2 aromatic carbocycles. The number of rotatable bonds is 7. The zero-order chi connectivity index (χ0) is 22.4. The quantitative estimate of drug-likeness (QED) is 0.587. The Morgan fingerprint density at radius 2 is 1.74 bits per heavy atom. The fourth-order valence-corrected chi connectivity index (χ4v) is 3.24. The first kappa shape index (κ1) is 21.8. The van der Waals surface area contributed by atoms with Gasteiger partial charge in [0.1, 0.15) is 11.3 Å². The van der Waals surface area contributed by atoms with Crippen LogP contribution >= 0.6 is 0 Å². The summed E-state index contributed by atoms with van der Waals surface area (Å²) in [5.41, 5.74) is 0.244. The molecule has 1 heterocycles. The molecule has 162 valence electrons. The van der Waals surface area contributed by atoms with Gasteiger partial charge in [-0.15, -0.1) is 0 Å². The van der Waals surface area contributed by atoms with Crippen LogP contribution in [0.4, 0.5) is 9.59 Å². The molecular formula is C22H24N4O5. The number of ether oxygens (including phenoxy) is 1. The largest absolute Gasteiger partial charge is 0.497 e.